The topological polar surface area (TPSA) is 0 Å². The third kappa shape index (κ3) is 6.12. The van der Waals surface area contributed by atoms with Gasteiger partial charge in [0.15, 0.2) is 0 Å². The maximum absolute atomic E-state index is 2.46. The molecule has 13 aromatic rings. The van der Waals surface area contributed by atoms with Crippen molar-refractivity contribution >= 4 is 74.6 Å². The molecule has 0 atom stereocenters. The summed E-state index contributed by atoms with van der Waals surface area (Å²) in [7, 11) is 0. The summed E-state index contributed by atoms with van der Waals surface area (Å²) in [6.45, 7) is 0. The van der Waals surface area contributed by atoms with Gasteiger partial charge in [-0.3, -0.25) is 0 Å². The van der Waals surface area contributed by atoms with Crippen LogP contribution in [0.1, 0.15) is 0 Å². The molecule has 0 saturated heterocycles. The zero-order valence-electron chi connectivity index (χ0n) is 35.5. The first kappa shape index (κ1) is 37.5. The number of rotatable bonds is 6. The monoisotopic (exact) mass is 840 g/mol. The fourth-order valence-electron chi connectivity index (χ4n) is 10.6. The lowest BCUT2D eigenvalue weighted by molar-refractivity contribution is 1.58. The molecule has 0 fully saturated rings. The molecule has 0 N–H and O–H groups in total. The molecule has 0 aliphatic heterocycles. The second-order valence-corrected chi connectivity index (χ2v) is 18.1. The molecule has 0 spiro atoms. The highest BCUT2D eigenvalue weighted by Crippen LogP contribution is 2.50. The Balaban J connectivity index is 1.03. The fraction of sp³-hybridized carbons (Fsp3) is 0. The zero-order chi connectivity index (χ0) is 42.8. The van der Waals surface area contributed by atoms with Gasteiger partial charge in [0.05, 0.1) is 0 Å². The minimum Gasteiger partial charge on any atom is -0.135 e. The maximum Gasteiger partial charge on any atom is 0.0434 e. The lowest BCUT2D eigenvalue weighted by atomic mass is 9.84. The van der Waals surface area contributed by atoms with Crippen LogP contribution < -0.4 is 0 Å². The van der Waals surface area contributed by atoms with E-state index in [-0.39, 0.29) is 0 Å². The van der Waals surface area contributed by atoms with Crippen LogP contribution >= 0.6 is 11.3 Å². The highest BCUT2D eigenvalue weighted by atomic mass is 32.1. The van der Waals surface area contributed by atoms with E-state index in [0.717, 1.165) is 0 Å². The van der Waals surface area contributed by atoms with E-state index in [1.54, 1.807) is 0 Å². The van der Waals surface area contributed by atoms with Crippen LogP contribution in [0.4, 0.5) is 0 Å². The predicted octanol–water partition coefficient (Wildman–Crippen LogP) is 18.7. The van der Waals surface area contributed by atoms with Gasteiger partial charge in [-0.25, -0.2) is 0 Å². The molecular formula is C64H40S. The molecule has 0 bridgehead atoms. The fourth-order valence-corrected chi connectivity index (χ4v) is 11.8. The number of benzene rings is 12. The van der Waals surface area contributed by atoms with Crippen molar-refractivity contribution in [3.63, 3.8) is 0 Å². The third-order valence-corrected chi connectivity index (χ3v) is 14.6. The van der Waals surface area contributed by atoms with Gasteiger partial charge in [-0.05, 0) is 135 Å². The van der Waals surface area contributed by atoms with Crippen LogP contribution in [0, 0.1) is 0 Å². The Morgan fingerprint density at radius 1 is 0.200 bits per heavy atom. The van der Waals surface area contributed by atoms with Crippen molar-refractivity contribution in [3.8, 4) is 66.8 Å². The molecule has 0 aliphatic rings. The van der Waals surface area contributed by atoms with Crippen molar-refractivity contribution in [1.29, 1.82) is 0 Å². The van der Waals surface area contributed by atoms with Crippen molar-refractivity contribution in [1.82, 2.24) is 0 Å². The van der Waals surface area contributed by atoms with E-state index >= 15 is 0 Å². The van der Waals surface area contributed by atoms with E-state index in [4.69, 9.17) is 0 Å². The quantitative estimate of drug-likeness (QED) is 0.146. The molecule has 1 aromatic heterocycles. The molecule has 0 nitrogen and oxygen atoms in total. The van der Waals surface area contributed by atoms with Gasteiger partial charge < -0.3 is 0 Å². The van der Waals surface area contributed by atoms with E-state index in [1.807, 2.05) is 11.3 Å². The highest BCUT2D eigenvalue weighted by Gasteiger charge is 2.22. The Morgan fingerprint density at radius 3 is 1.05 bits per heavy atom. The smallest absolute Gasteiger partial charge is 0.0434 e. The Hall–Kier alpha value is -8.10. The van der Waals surface area contributed by atoms with Crippen LogP contribution in [-0.4, -0.2) is 0 Å². The molecule has 65 heavy (non-hydrogen) atoms. The SMILES string of the molecule is c1ccc(-c2cc(-c3ccccc3)cc(-c3c4ccccc4c(-c4ccc5sc6c(-c7c8ccccc8c(-c8ccccc8)c8ccccc78)cccc6c5c4)c4ccccc34)c2)cc1. The van der Waals surface area contributed by atoms with Gasteiger partial charge in [0.25, 0.3) is 0 Å². The molecule has 13 rings (SSSR count). The minimum absolute atomic E-state index is 1.21. The van der Waals surface area contributed by atoms with Crippen molar-refractivity contribution in [3.05, 3.63) is 243 Å². The molecule has 0 radical (unpaired) electrons. The second-order valence-electron chi connectivity index (χ2n) is 17.1. The summed E-state index contributed by atoms with van der Waals surface area (Å²) in [5.41, 5.74) is 14.9. The largest absolute Gasteiger partial charge is 0.135 e. The van der Waals surface area contributed by atoms with Crippen LogP contribution in [-0.2, 0) is 0 Å². The van der Waals surface area contributed by atoms with Crippen molar-refractivity contribution < 1.29 is 0 Å². The summed E-state index contributed by atoms with van der Waals surface area (Å²) in [6.07, 6.45) is 0. The summed E-state index contributed by atoms with van der Waals surface area (Å²) in [4.78, 5) is 0. The predicted molar refractivity (Wildman–Crippen MR) is 282 cm³/mol. The molecular weight excluding hydrogens is 801 g/mol. The average molecular weight is 841 g/mol. The molecule has 0 saturated carbocycles. The summed E-state index contributed by atoms with van der Waals surface area (Å²) >= 11 is 1.91. The first-order valence-electron chi connectivity index (χ1n) is 22.4. The van der Waals surface area contributed by atoms with Crippen LogP contribution in [0.25, 0.3) is 130 Å². The van der Waals surface area contributed by atoms with Crippen LogP contribution in [0.3, 0.4) is 0 Å². The van der Waals surface area contributed by atoms with E-state index in [1.165, 1.54) is 130 Å². The van der Waals surface area contributed by atoms with Gasteiger partial charge >= 0.3 is 0 Å². The van der Waals surface area contributed by atoms with E-state index in [9.17, 15) is 0 Å². The summed E-state index contributed by atoms with van der Waals surface area (Å²) in [5.74, 6) is 0. The molecule has 302 valence electrons. The van der Waals surface area contributed by atoms with Gasteiger partial charge in [-0.1, -0.05) is 212 Å². The number of fused-ring (bicyclic) bond motifs is 7. The average Bonchev–Trinajstić information content (AvgIpc) is 3.76. The Kier molecular flexibility index (Phi) is 8.82. The zero-order valence-corrected chi connectivity index (χ0v) is 36.3. The highest BCUT2D eigenvalue weighted by molar-refractivity contribution is 7.26. The normalized spacial score (nSPS) is 11.7. The van der Waals surface area contributed by atoms with Crippen LogP contribution in [0.5, 0.6) is 0 Å². The van der Waals surface area contributed by atoms with Gasteiger partial charge in [0.2, 0.25) is 0 Å². The number of thiophene rings is 1. The summed E-state index contributed by atoms with van der Waals surface area (Å²) in [5, 5.41) is 12.7. The van der Waals surface area contributed by atoms with Crippen LogP contribution in [0.2, 0.25) is 0 Å². The number of hydrogen-bond acceptors (Lipinski definition) is 1. The van der Waals surface area contributed by atoms with Crippen molar-refractivity contribution in [2.75, 3.05) is 0 Å². The van der Waals surface area contributed by atoms with E-state index < -0.39 is 0 Å². The number of hydrogen-bond donors (Lipinski definition) is 0. The lowest BCUT2D eigenvalue weighted by Gasteiger charge is -2.19. The second kappa shape index (κ2) is 15.3. The maximum atomic E-state index is 2.46. The van der Waals surface area contributed by atoms with E-state index in [2.05, 4.69) is 243 Å². The summed E-state index contributed by atoms with van der Waals surface area (Å²) < 4.78 is 2.61. The Morgan fingerprint density at radius 2 is 0.569 bits per heavy atom. The van der Waals surface area contributed by atoms with Crippen molar-refractivity contribution in [2.45, 2.75) is 0 Å². The third-order valence-electron chi connectivity index (χ3n) is 13.4. The molecule has 0 unspecified atom stereocenters. The van der Waals surface area contributed by atoms with Gasteiger partial charge in [0.1, 0.15) is 0 Å². The molecule has 1 heterocycles. The first-order valence-corrected chi connectivity index (χ1v) is 23.2. The van der Waals surface area contributed by atoms with Gasteiger partial charge in [-0.15, -0.1) is 11.3 Å². The van der Waals surface area contributed by atoms with E-state index in [0.29, 0.717) is 0 Å². The minimum atomic E-state index is 1.21. The van der Waals surface area contributed by atoms with Crippen molar-refractivity contribution in [2.24, 2.45) is 0 Å². The molecule has 0 aliphatic carbocycles. The standard InChI is InChI=1S/C64H40S/c1-4-19-41(20-5-1)45-37-46(42-21-6-2-7-22-42)39-47(38-45)62-50-27-12-10-25-48(50)61(49-26-11-13-28-51(49)62)44-35-36-59-58(40-44)56-33-18-34-57(64(56)65-59)63-54-31-16-14-29-52(54)60(43-23-8-3-9-24-43)53-30-15-17-32-55(53)63/h1-40H. The Bertz CT molecular complexity index is 3800. The first-order chi connectivity index (χ1) is 32.3. The van der Waals surface area contributed by atoms with Crippen LogP contribution in [0.15, 0.2) is 243 Å². The van der Waals surface area contributed by atoms with Gasteiger partial charge in [-0.2, -0.15) is 0 Å². The molecule has 0 amide bonds. The Labute approximate surface area is 382 Å². The summed E-state index contributed by atoms with van der Waals surface area (Å²) in [6, 6.07) is 89.7. The molecule has 1 heteroatoms. The molecule has 12 aromatic carbocycles. The lowest BCUT2D eigenvalue weighted by Crippen LogP contribution is -1.92. The van der Waals surface area contributed by atoms with Gasteiger partial charge in [0, 0.05) is 25.7 Å².